The van der Waals surface area contributed by atoms with Crippen LogP contribution in [-0.2, 0) is 23.6 Å². The summed E-state index contributed by atoms with van der Waals surface area (Å²) in [6.45, 7) is 8.26. The Labute approximate surface area is 123 Å². The van der Waals surface area contributed by atoms with Crippen molar-refractivity contribution in [2.75, 3.05) is 20.1 Å². The molecule has 1 heterocycles. The molecule has 5 nitrogen and oxygen atoms in total. The molecular formula is C14H27N3O2S. The third-order valence-corrected chi connectivity index (χ3v) is 5.40. The second-order valence-corrected chi connectivity index (χ2v) is 7.40. The predicted molar refractivity (Wildman–Crippen MR) is 82.1 cm³/mol. The van der Waals surface area contributed by atoms with Gasteiger partial charge in [-0.05, 0) is 18.5 Å². The largest absolute Gasteiger partial charge is 0.352 e. The van der Waals surface area contributed by atoms with Crippen LogP contribution in [0.1, 0.15) is 32.9 Å². The molecule has 0 bridgehead atoms. The highest BCUT2D eigenvalue weighted by atomic mass is 32.2. The van der Waals surface area contributed by atoms with Crippen LogP contribution in [0.3, 0.4) is 0 Å². The lowest BCUT2D eigenvalue weighted by Gasteiger charge is -2.19. The van der Waals surface area contributed by atoms with Gasteiger partial charge in [0.1, 0.15) is 4.90 Å². The summed E-state index contributed by atoms with van der Waals surface area (Å²) < 4.78 is 28.3. The van der Waals surface area contributed by atoms with Gasteiger partial charge in [-0.3, -0.25) is 0 Å². The van der Waals surface area contributed by atoms with Crippen molar-refractivity contribution in [1.82, 2.24) is 14.2 Å². The maximum atomic E-state index is 12.5. The van der Waals surface area contributed by atoms with Crippen LogP contribution in [0, 0.1) is 5.92 Å². The van der Waals surface area contributed by atoms with Gasteiger partial charge >= 0.3 is 0 Å². The molecule has 0 aliphatic carbocycles. The van der Waals surface area contributed by atoms with E-state index < -0.39 is 10.0 Å². The van der Waals surface area contributed by atoms with E-state index in [9.17, 15) is 8.42 Å². The molecule has 1 N–H and O–H groups in total. The SMILES string of the molecule is CCNCc1cc(S(=O)(=O)N(C)CC(C)CC)cn1C. The minimum absolute atomic E-state index is 0.361. The van der Waals surface area contributed by atoms with E-state index in [2.05, 4.69) is 19.2 Å². The topological polar surface area (TPSA) is 54.3 Å². The molecule has 0 saturated heterocycles. The molecule has 1 aromatic heterocycles. The van der Waals surface area contributed by atoms with Crippen LogP contribution >= 0.6 is 0 Å². The monoisotopic (exact) mass is 301 g/mol. The van der Waals surface area contributed by atoms with Crippen LogP contribution in [0.5, 0.6) is 0 Å². The second-order valence-electron chi connectivity index (χ2n) is 5.36. The summed E-state index contributed by atoms with van der Waals surface area (Å²) in [6.07, 6.45) is 2.66. The molecule has 1 rings (SSSR count). The number of aryl methyl sites for hydroxylation is 1. The highest BCUT2D eigenvalue weighted by Gasteiger charge is 2.23. The summed E-state index contributed by atoms with van der Waals surface area (Å²) >= 11 is 0. The molecule has 0 spiro atoms. The average Bonchev–Trinajstić information content (AvgIpc) is 2.78. The van der Waals surface area contributed by atoms with Gasteiger partial charge in [0.2, 0.25) is 10.0 Å². The van der Waals surface area contributed by atoms with Crippen molar-refractivity contribution in [2.24, 2.45) is 13.0 Å². The van der Waals surface area contributed by atoms with Crippen LogP contribution in [0.15, 0.2) is 17.2 Å². The molecule has 1 atom stereocenters. The normalized spacial score (nSPS) is 13.9. The van der Waals surface area contributed by atoms with Crippen molar-refractivity contribution >= 4 is 10.0 Å². The summed E-state index contributed by atoms with van der Waals surface area (Å²) in [7, 11) is 0.140. The quantitative estimate of drug-likeness (QED) is 0.796. The Kier molecular flexibility index (Phi) is 6.23. The molecule has 0 aromatic carbocycles. The van der Waals surface area contributed by atoms with Crippen molar-refractivity contribution in [1.29, 1.82) is 0 Å². The number of nitrogens with one attached hydrogen (secondary N) is 1. The third-order valence-electron chi connectivity index (χ3n) is 3.61. The molecule has 0 radical (unpaired) electrons. The molecule has 0 saturated carbocycles. The Bertz CT molecular complexity index is 523. The zero-order chi connectivity index (χ0) is 15.3. The van der Waals surface area contributed by atoms with Gasteiger partial charge in [0.25, 0.3) is 0 Å². The molecule has 0 aliphatic rings. The van der Waals surface area contributed by atoms with Crippen LogP contribution in [0.2, 0.25) is 0 Å². The van der Waals surface area contributed by atoms with Crippen LogP contribution in [0.4, 0.5) is 0 Å². The Balaban J connectivity index is 2.92. The lowest BCUT2D eigenvalue weighted by Crippen LogP contribution is -2.30. The number of nitrogens with zero attached hydrogens (tertiary/aromatic N) is 2. The minimum Gasteiger partial charge on any atom is -0.352 e. The van der Waals surface area contributed by atoms with Crippen molar-refractivity contribution in [2.45, 2.75) is 38.6 Å². The first-order chi connectivity index (χ1) is 9.32. The number of rotatable bonds is 8. The molecule has 6 heteroatoms. The smallest absolute Gasteiger partial charge is 0.244 e. The maximum absolute atomic E-state index is 12.5. The van der Waals surface area contributed by atoms with E-state index >= 15 is 0 Å². The summed E-state index contributed by atoms with van der Waals surface area (Å²) in [4.78, 5) is 0.374. The number of hydrogen-bond donors (Lipinski definition) is 1. The van der Waals surface area contributed by atoms with E-state index in [-0.39, 0.29) is 0 Å². The molecule has 0 aliphatic heterocycles. The fourth-order valence-electron chi connectivity index (χ4n) is 1.99. The summed E-state index contributed by atoms with van der Waals surface area (Å²) in [5, 5.41) is 3.21. The van der Waals surface area contributed by atoms with E-state index in [0.29, 0.717) is 23.9 Å². The minimum atomic E-state index is -3.39. The predicted octanol–water partition coefficient (Wildman–Crippen LogP) is 1.80. The fourth-order valence-corrected chi connectivity index (χ4v) is 3.38. The molecule has 1 unspecified atom stereocenters. The third kappa shape index (κ3) is 4.07. The van der Waals surface area contributed by atoms with Gasteiger partial charge in [-0.25, -0.2) is 12.7 Å². The Morgan fingerprint density at radius 1 is 1.40 bits per heavy atom. The van der Waals surface area contributed by atoms with E-state index in [1.165, 1.54) is 4.31 Å². The van der Waals surface area contributed by atoms with Gasteiger partial charge in [-0.2, -0.15) is 0 Å². The summed E-state index contributed by atoms with van der Waals surface area (Å²) in [5.74, 6) is 0.361. The Morgan fingerprint density at radius 2 is 2.05 bits per heavy atom. The van der Waals surface area contributed by atoms with E-state index in [1.54, 1.807) is 19.3 Å². The molecule has 116 valence electrons. The van der Waals surface area contributed by atoms with Crippen molar-refractivity contribution in [3.05, 3.63) is 18.0 Å². The van der Waals surface area contributed by atoms with Crippen molar-refractivity contribution < 1.29 is 8.42 Å². The van der Waals surface area contributed by atoms with Gasteiger partial charge in [-0.15, -0.1) is 0 Å². The van der Waals surface area contributed by atoms with E-state index in [1.807, 2.05) is 18.5 Å². The summed E-state index contributed by atoms with van der Waals surface area (Å²) in [6, 6.07) is 1.76. The van der Waals surface area contributed by atoms with E-state index in [4.69, 9.17) is 0 Å². The first-order valence-electron chi connectivity index (χ1n) is 7.15. The average molecular weight is 301 g/mol. The first-order valence-corrected chi connectivity index (χ1v) is 8.59. The zero-order valence-corrected chi connectivity index (χ0v) is 14.0. The zero-order valence-electron chi connectivity index (χ0n) is 13.2. The van der Waals surface area contributed by atoms with Gasteiger partial charge < -0.3 is 9.88 Å². The highest BCUT2D eigenvalue weighted by molar-refractivity contribution is 7.89. The molecule has 20 heavy (non-hydrogen) atoms. The maximum Gasteiger partial charge on any atom is 0.244 e. The van der Waals surface area contributed by atoms with Crippen molar-refractivity contribution in [3.8, 4) is 0 Å². The summed E-state index contributed by atoms with van der Waals surface area (Å²) in [5.41, 5.74) is 0.974. The van der Waals surface area contributed by atoms with Crippen LogP contribution < -0.4 is 5.32 Å². The Morgan fingerprint density at radius 3 is 2.60 bits per heavy atom. The lowest BCUT2D eigenvalue weighted by atomic mass is 10.1. The van der Waals surface area contributed by atoms with Crippen LogP contribution in [0.25, 0.3) is 0 Å². The van der Waals surface area contributed by atoms with Crippen LogP contribution in [-0.4, -0.2) is 37.4 Å². The lowest BCUT2D eigenvalue weighted by molar-refractivity contribution is 0.393. The standard InChI is InChI=1S/C14H27N3O2S/c1-6-12(3)10-17(5)20(18,19)14-8-13(9-15-7-2)16(4)11-14/h8,11-12,15H,6-7,9-10H2,1-5H3. The molecule has 1 aromatic rings. The fraction of sp³-hybridized carbons (Fsp3) is 0.714. The molecule has 0 fully saturated rings. The number of sulfonamides is 1. The Hall–Kier alpha value is -0.850. The molecule has 0 amide bonds. The van der Waals surface area contributed by atoms with Gasteiger partial charge in [-0.1, -0.05) is 27.2 Å². The number of aromatic nitrogens is 1. The van der Waals surface area contributed by atoms with Gasteiger partial charge in [0.05, 0.1) is 0 Å². The van der Waals surface area contributed by atoms with Gasteiger partial charge in [0, 0.05) is 39.1 Å². The highest BCUT2D eigenvalue weighted by Crippen LogP contribution is 2.19. The van der Waals surface area contributed by atoms with Gasteiger partial charge in [0.15, 0.2) is 0 Å². The van der Waals surface area contributed by atoms with E-state index in [0.717, 1.165) is 18.7 Å². The van der Waals surface area contributed by atoms with Crippen molar-refractivity contribution in [3.63, 3.8) is 0 Å². The molecular weight excluding hydrogens is 274 g/mol. The number of hydrogen-bond acceptors (Lipinski definition) is 3. The second kappa shape index (κ2) is 7.24. The first kappa shape index (κ1) is 17.2.